The lowest BCUT2D eigenvalue weighted by Gasteiger charge is -2.30. The molecule has 1 atom stereocenters. The van der Waals surface area contributed by atoms with Crippen LogP contribution < -0.4 is 16.0 Å². The summed E-state index contributed by atoms with van der Waals surface area (Å²) in [5.74, 6) is -2.41. The lowest BCUT2D eigenvalue weighted by atomic mass is 10.1. The van der Waals surface area contributed by atoms with Gasteiger partial charge in [-0.2, -0.15) is 0 Å². The Hall–Kier alpha value is -2.20. The van der Waals surface area contributed by atoms with Crippen LogP contribution >= 0.6 is 0 Å². The summed E-state index contributed by atoms with van der Waals surface area (Å²) in [4.78, 5) is 48.0. The summed E-state index contributed by atoms with van der Waals surface area (Å²) in [6.07, 6.45) is 3.19. The lowest BCUT2D eigenvalue weighted by molar-refractivity contribution is -0.144. The number of hydrogen-bond donors (Lipinski definition) is 3. The fraction of sp³-hybridized carbons (Fsp3) is 0.684. The molecule has 0 saturated carbocycles. The number of rotatable bonds is 6. The van der Waals surface area contributed by atoms with E-state index in [0.29, 0.717) is 6.42 Å². The highest BCUT2D eigenvalue weighted by molar-refractivity contribution is 6.73. The minimum atomic E-state index is -1.92. The third kappa shape index (κ3) is 9.22. The van der Waals surface area contributed by atoms with Crippen molar-refractivity contribution in [2.75, 3.05) is 32.8 Å². The molecule has 3 N–H and O–H groups in total. The molecule has 0 aromatic carbocycles. The van der Waals surface area contributed by atoms with E-state index in [9.17, 15) is 19.2 Å². The second kappa shape index (κ2) is 13.1. The maximum Gasteiger partial charge on any atom is 0.325 e. The van der Waals surface area contributed by atoms with E-state index in [1.54, 1.807) is 6.08 Å². The van der Waals surface area contributed by atoms with Crippen LogP contribution in [0.4, 0.5) is 0 Å². The van der Waals surface area contributed by atoms with Gasteiger partial charge >= 0.3 is 5.97 Å². The van der Waals surface area contributed by atoms with E-state index in [0.717, 1.165) is 18.1 Å². The molecule has 0 aromatic rings. The van der Waals surface area contributed by atoms with E-state index < -0.39 is 32.0 Å². The number of cyclic esters (lactones) is 1. The Labute approximate surface area is 173 Å². The molecule has 3 amide bonds. The van der Waals surface area contributed by atoms with Gasteiger partial charge in [-0.25, -0.2) is 0 Å². The van der Waals surface area contributed by atoms with Gasteiger partial charge in [0.05, 0.1) is 19.1 Å². The quantitative estimate of drug-likeness (QED) is 0.418. The van der Waals surface area contributed by atoms with E-state index in [4.69, 9.17) is 9.16 Å². The van der Waals surface area contributed by atoms with Crippen molar-refractivity contribution in [2.24, 2.45) is 5.92 Å². The number of carbonyl (C=O) groups is 4. The first kappa shape index (κ1) is 24.8. The van der Waals surface area contributed by atoms with Crippen molar-refractivity contribution in [3.63, 3.8) is 0 Å². The summed E-state index contributed by atoms with van der Waals surface area (Å²) in [5.41, 5.74) is 0. The van der Waals surface area contributed by atoms with Gasteiger partial charge in [0, 0.05) is 19.6 Å². The minimum Gasteiger partial charge on any atom is -0.464 e. The van der Waals surface area contributed by atoms with Crippen LogP contribution in [0.1, 0.15) is 27.2 Å². The third-order valence-electron chi connectivity index (χ3n) is 5.09. The molecule has 1 aliphatic heterocycles. The van der Waals surface area contributed by atoms with E-state index in [-0.39, 0.29) is 38.8 Å². The second-order valence-corrected chi connectivity index (χ2v) is 11.7. The van der Waals surface area contributed by atoms with Gasteiger partial charge in [-0.05, 0) is 24.2 Å². The third-order valence-corrected chi connectivity index (χ3v) is 9.73. The summed E-state index contributed by atoms with van der Waals surface area (Å²) in [6.45, 7) is 6.14. The van der Waals surface area contributed by atoms with E-state index >= 15 is 0 Å². The van der Waals surface area contributed by atoms with Gasteiger partial charge in [-0.1, -0.05) is 26.8 Å². The second-order valence-electron chi connectivity index (χ2n) is 6.90. The molecule has 9 nitrogen and oxygen atoms in total. The average Bonchev–Trinajstić information content (AvgIpc) is 2.72. The molecule has 0 spiro atoms. The Morgan fingerprint density at radius 2 is 1.72 bits per heavy atom. The standard InChI is InChI=1S/C19H33N3O6Si/c1-4-29(5-2,6-3)28-14-15-11-20-17(24)12-21-16(23)9-7-8-10-27-18(25)13-22-19(15)26/h7,9,15H,4-6,8,10-14H2,1-3H3,(H,20,24)(H,21,23)(H,22,26)/b9-7-. The van der Waals surface area contributed by atoms with Crippen LogP contribution in [0.25, 0.3) is 0 Å². The van der Waals surface area contributed by atoms with E-state index in [1.165, 1.54) is 6.08 Å². The molecule has 1 unspecified atom stereocenters. The lowest BCUT2D eigenvalue weighted by Crippen LogP contribution is -2.47. The zero-order chi connectivity index (χ0) is 21.7. The van der Waals surface area contributed by atoms with Crippen molar-refractivity contribution >= 4 is 32.0 Å². The number of esters is 1. The highest BCUT2D eigenvalue weighted by Gasteiger charge is 2.31. The predicted octanol–water partition coefficient (Wildman–Crippen LogP) is 0.476. The average molecular weight is 428 g/mol. The summed E-state index contributed by atoms with van der Waals surface area (Å²) in [7, 11) is -1.92. The van der Waals surface area contributed by atoms with Crippen LogP contribution in [0.15, 0.2) is 12.2 Å². The predicted molar refractivity (Wildman–Crippen MR) is 110 cm³/mol. The summed E-state index contributed by atoms with van der Waals surface area (Å²) >= 11 is 0. The Kier molecular flexibility index (Phi) is 11.2. The Morgan fingerprint density at radius 1 is 1.03 bits per heavy atom. The Bertz CT molecular complexity index is 598. The molecule has 1 heterocycles. The van der Waals surface area contributed by atoms with Crippen LogP contribution in [0, 0.1) is 5.92 Å². The van der Waals surface area contributed by atoms with Gasteiger partial charge in [-0.15, -0.1) is 0 Å². The van der Waals surface area contributed by atoms with Crippen LogP contribution in [0.5, 0.6) is 0 Å². The molecule has 0 saturated heterocycles. The molecule has 0 fully saturated rings. The molecule has 10 heteroatoms. The van der Waals surface area contributed by atoms with E-state index in [1.807, 2.05) is 0 Å². The zero-order valence-corrected chi connectivity index (χ0v) is 18.5. The van der Waals surface area contributed by atoms with Crippen molar-refractivity contribution in [2.45, 2.75) is 45.3 Å². The van der Waals surface area contributed by atoms with Gasteiger partial charge < -0.3 is 25.1 Å². The highest BCUT2D eigenvalue weighted by atomic mass is 28.4. The molecule has 0 bridgehead atoms. The molecule has 164 valence electrons. The van der Waals surface area contributed by atoms with Gasteiger partial charge in [0.2, 0.25) is 17.7 Å². The number of carbonyl (C=O) groups excluding carboxylic acids is 4. The van der Waals surface area contributed by atoms with Gasteiger partial charge in [0.1, 0.15) is 6.54 Å². The van der Waals surface area contributed by atoms with Crippen molar-refractivity contribution < 1.29 is 28.3 Å². The topological polar surface area (TPSA) is 123 Å². The van der Waals surface area contributed by atoms with Crippen LogP contribution in [-0.2, 0) is 28.3 Å². The van der Waals surface area contributed by atoms with Crippen molar-refractivity contribution in [3.05, 3.63) is 12.2 Å². The largest absolute Gasteiger partial charge is 0.464 e. The number of amides is 3. The van der Waals surface area contributed by atoms with Crippen LogP contribution in [0.3, 0.4) is 0 Å². The first-order chi connectivity index (χ1) is 13.9. The monoisotopic (exact) mass is 427 g/mol. The molecule has 1 aliphatic rings. The maximum atomic E-state index is 12.6. The molecule has 0 aromatic heterocycles. The smallest absolute Gasteiger partial charge is 0.325 e. The van der Waals surface area contributed by atoms with Gasteiger partial charge in [0.15, 0.2) is 8.32 Å². The molecule has 0 aliphatic carbocycles. The van der Waals surface area contributed by atoms with E-state index in [2.05, 4.69) is 36.7 Å². The van der Waals surface area contributed by atoms with Gasteiger partial charge in [0.25, 0.3) is 0 Å². The number of nitrogens with one attached hydrogen (secondary N) is 3. The number of hydrogen-bond acceptors (Lipinski definition) is 6. The summed E-state index contributed by atoms with van der Waals surface area (Å²) in [6, 6.07) is 2.81. The Morgan fingerprint density at radius 3 is 2.38 bits per heavy atom. The maximum absolute atomic E-state index is 12.6. The molecule has 0 radical (unpaired) electrons. The molecular weight excluding hydrogens is 394 g/mol. The minimum absolute atomic E-state index is 0.0487. The summed E-state index contributed by atoms with van der Waals surface area (Å²) in [5, 5.41) is 7.67. The summed E-state index contributed by atoms with van der Waals surface area (Å²) < 4.78 is 11.2. The van der Waals surface area contributed by atoms with Crippen molar-refractivity contribution in [3.8, 4) is 0 Å². The fourth-order valence-corrected chi connectivity index (χ4v) is 5.54. The first-order valence-electron chi connectivity index (χ1n) is 10.1. The zero-order valence-electron chi connectivity index (χ0n) is 17.5. The Balaban J connectivity index is 2.82. The number of ether oxygens (including phenoxy) is 1. The van der Waals surface area contributed by atoms with Gasteiger partial charge in [-0.3, -0.25) is 19.2 Å². The fourth-order valence-electron chi connectivity index (χ4n) is 2.87. The van der Waals surface area contributed by atoms with Crippen molar-refractivity contribution in [1.29, 1.82) is 0 Å². The van der Waals surface area contributed by atoms with Crippen molar-refractivity contribution in [1.82, 2.24) is 16.0 Å². The molecular formula is C19H33N3O6Si. The molecule has 1 rings (SSSR count). The molecule has 29 heavy (non-hydrogen) atoms. The highest BCUT2D eigenvalue weighted by Crippen LogP contribution is 2.22. The SMILES string of the molecule is CC[Si](CC)(CC)OCC1CNC(=O)CNC(=O)/C=C\CCOC(=O)CNC1=O. The van der Waals surface area contributed by atoms with Crippen LogP contribution in [-0.4, -0.2) is 64.9 Å². The normalized spacial score (nSPS) is 21.6. The first-order valence-corrected chi connectivity index (χ1v) is 12.7. The van der Waals surface area contributed by atoms with Crippen LogP contribution in [0.2, 0.25) is 18.1 Å².